The Balaban J connectivity index is 3.32. The standard InChI is InChI=1S/C11H13BrO/c1-11(2,3)10-6-9(12)5-4-8(10)7-13/h4-7H,1-3H3. The lowest BCUT2D eigenvalue weighted by Gasteiger charge is -2.21. The van der Waals surface area contributed by atoms with E-state index < -0.39 is 0 Å². The summed E-state index contributed by atoms with van der Waals surface area (Å²) < 4.78 is 1.02. The van der Waals surface area contributed by atoms with Gasteiger partial charge in [-0.05, 0) is 23.1 Å². The molecule has 0 heterocycles. The van der Waals surface area contributed by atoms with Crippen LogP contribution < -0.4 is 0 Å². The van der Waals surface area contributed by atoms with E-state index in [1.165, 1.54) is 0 Å². The van der Waals surface area contributed by atoms with Gasteiger partial charge in [-0.1, -0.05) is 42.8 Å². The van der Waals surface area contributed by atoms with Gasteiger partial charge in [0.25, 0.3) is 0 Å². The van der Waals surface area contributed by atoms with Crippen LogP contribution in [-0.4, -0.2) is 6.29 Å². The molecule has 0 atom stereocenters. The Morgan fingerprint density at radius 3 is 2.38 bits per heavy atom. The Labute approximate surface area is 87.3 Å². The van der Waals surface area contributed by atoms with Crippen molar-refractivity contribution in [2.24, 2.45) is 0 Å². The van der Waals surface area contributed by atoms with E-state index >= 15 is 0 Å². The summed E-state index contributed by atoms with van der Waals surface area (Å²) in [4.78, 5) is 10.8. The van der Waals surface area contributed by atoms with E-state index in [2.05, 4.69) is 36.7 Å². The first kappa shape index (κ1) is 10.5. The highest BCUT2D eigenvalue weighted by atomic mass is 79.9. The van der Waals surface area contributed by atoms with E-state index in [-0.39, 0.29) is 5.41 Å². The van der Waals surface area contributed by atoms with Gasteiger partial charge < -0.3 is 0 Å². The predicted molar refractivity (Wildman–Crippen MR) is 58.2 cm³/mol. The zero-order valence-electron chi connectivity index (χ0n) is 8.10. The van der Waals surface area contributed by atoms with Crippen LogP contribution in [0.25, 0.3) is 0 Å². The van der Waals surface area contributed by atoms with E-state index in [4.69, 9.17) is 0 Å². The van der Waals surface area contributed by atoms with E-state index in [0.29, 0.717) is 0 Å². The molecular weight excluding hydrogens is 228 g/mol. The summed E-state index contributed by atoms with van der Waals surface area (Å²) >= 11 is 3.40. The lowest BCUT2D eigenvalue weighted by atomic mass is 9.84. The SMILES string of the molecule is CC(C)(C)c1cc(Br)ccc1C=O. The van der Waals surface area contributed by atoms with Crippen molar-refractivity contribution < 1.29 is 4.79 Å². The van der Waals surface area contributed by atoms with E-state index in [9.17, 15) is 4.79 Å². The van der Waals surface area contributed by atoms with E-state index in [1.807, 2.05) is 18.2 Å². The van der Waals surface area contributed by atoms with Gasteiger partial charge in [0.05, 0.1) is 0 Å². The molecule has 0 aromatic heterocycles. The van der Waals surface area contributed by atoms with E-state index in [0.717, 1.165) is 21.9 Å². The highest BCUT2D eigenvalue weighted by Crippen LogP contribution is 2.27. The minimum absolute atomic E-state index is 0.0139. The lowest BCUT2D eigenvalue weighted by molar-refractivity contribution is 0.112. The molecule has 0 fully saturated rings. The number of rotatable bonds is 1. The molecule has 0 saturated heterocycles. The Hall–Kier alpha value is -0.630. The monoisotopic (exact) mass is 240 g/mol. The van der Waals surface area contributed by atoms with Gasteiger partial charge in [0.2, 0.25) is 0 Å². The molecule has 0 radical (unpaired) electrons. The second-order valence-electron chi connectivity index (χ2n) is 4.10. The molecular formula is C11H13BrO. The summed E-state index contributed by atoms with van der Waals surface area (Å²) in [6.07, 6.45) is 0.910. The molecule has 1 nitrogen and oxygen atoms in total. The van der Waals surface area contributed by atoms with Crippen LogP contribution in [0.4, 0.5) is 0 Å². The third-order valence-corrected chi connectivity index (χ3v) is 2.44. The molecule has 0 spiro atoms. The van der Waals surface area contributed by atoms with Gasteiger partial charge in [0, 0.05) is 10.0 Å². The maximum absolute atomic E-state index is 10.8. The van der Waals surface area contributed by atoms with Crippen molar-refractivity contribution in [2.45, 2.75) is 26.2 Å². The predicted octanol–water partition coefficient (Wildman–Crippen LogP) is 3.56. The number of carbonyl (C=O) groups is 1. The largest absolute Gasteiger partial charge is 0.298 e. The summed E-state index contributed by atoms with van der Waals surface area (Å²) in [5.41, 5.74) is 1.87. The number of aldehydes is 1. The lowest BCUT2D eigenvalue weighted by Crippen LogP contribution is -2.13. The van der Waals surface area contributed by atoms with Crippen molar-refractivity contribution in [1.82, 2.24) is 0 Å². The molecule has 0 aliphatic heterocycles. The van der Waals surface area contributed by atoms with Crippen LogP contribution in [0.2, 0.25) is 0 Å². The first-order chi connectivity index (χ1) is 5.95. The van der Waals surface area contributed by atoms with Crippen molar-refractivity contribution in [3.63, 3.8) is 0 Å². The number of hydrogen-bond donors (Lipinski definition) is 0. The fourth-order valence-corrected chi connectivity index (χ4v) is 1.64. The fraction of sp³-hybridized carbons (Fsp3) is 0.364. The van der Waals surface area contributed by atoms with Crippen molar-refractivity contribution in [3.05, 3.63) is 33.8 Å². The first-order valence-corrected chi connectivity index (χ1v) is 4.99. The van der Waals surface area contributed by atoms with Gasteiger partial charge in [-0.15, -0.1) is 0 Å². The highest BCUT2D eigenvalue weighted by Gasteiger charge is 2.17. The highest BCUT2D eigenvalue weighted by molar-refractivity contribution is 9.10. The maximum Gasteiger partial charge on any atom is 0.150 e. The average Bonchev–Trinajstić information content (AvgIpc) is 2.03. The van der Waals surface area contributed by atoms with Crippen molar-refractivity contribution in [2.75, 3.05) is 0 Å². The first-order valence-electron chi connectivity index (χ1n) is 4.20. The summed E-state index contributed by atoms with van der Waals surface area (Å²) in [5.74, 6) is 0. The number of benzene rings is 1. The molecule has 0 aliphatic rings. The van der Waals surface area contributed by atoms with Gasteiger partial charge in [0.1, 0.15) is 6.29 Å². The van der Waals surface area contributed by atoms with Crippen LogP contribution in [0.3, 0.4) is 0 Å². The molecule has 2 heteroatoms. The van der Waals surface area contributed by atoms with Gasteiger partial charge in [-0.2, -0.15) is 0 Å². The summed E-state index contributed by atoms with van der Waals surface area (Å²) in [6, 6.07) is 5.74. The normalized spacial score (nSPS) is 11.4. The van der Waals surface area contributed by atoms with Crippen LogP contribution >= 0.6 is 15.9 Å². The molecule has 0 amide bonds. The Bertz CT molecular complexity index is 323. The second-order valence-corrected chi connectivity index (χ2v) is 5.02. The van der Waals surface area contributed by atoms with Crippen molar-refractivity contribution >= 4 is 22.2 Å². The molecule has 13 heavy (non-hydrogen) atoms. The summed E-state index contributed by atoms with van der Waals surface area (Å²) in [5, 5.41) is 0. The molecule has 1 aromatic rings. The maximum atomic E-state index is 10.8. The minimum atomic E-state index is 0.0139. The molecule has 1 rings (SSSR count). The summed E-state index contributed by atoms with van der Waals surface area (Å²) in [6.45, 7) is 6.30. The molecule has 0 N–H and O–H groups in total. The molecule has 70 valence electrons. The van der Waals surface area contributed by atoms with E-state index in [1.54, 1.807) is 0 Å². The minimum Gasteiger partial charge on any atom is -0.298 e. The zero-order chi connectivity index (χ0) is 10.1. The zero-order valence-corrected chi connectivity index (χ0v) is 9.68. The fourth-order valence-electron chi connectivity index (χ4n) is 1.28. The van der Waals surface area contributed by atoms with Crippen LogP contribution in [0, 0.1) is 0 Å². The Morgan fingerprint density at radius 1 is 1.31 bits per heavy atom. The van der Waals surface area contributed by atoms with Crippen LogP contribution in [0.1, 0.15) is 36.7 Å². The number of halogens is 1. The average molecular weight is 241 g/mol. The molecule has 0 aliphatic carbocycles. The Kier molecular flexibility index (Phi) is 2.91. The van der Waals surface area contributed by atoms with Crippen LogP contribution in [-0.2, 0) is 5.41 Å². The third kappa shape index (κ3) is 2.41. The number of hydrogen-bond acceptors (Lipinski definition) is 1. The quantitative estimate of drug-likeness (QED) is 0.687. The van der Waals surface area contributed by atoms with Gasteiger partial charge in [-0.25, -0.2) is 0 Å². The van der Waals surface area contributed by atoms with Gasteiger partial charge in [0.15, 0.2) is 0 Å². The second kappa shape index (κ2) is 3.62. The molecule has 0 bridgehead atoms. The molecule has 1 aromatic carbocycles. The summed E-state index contributed by atoms with van der Waals surface area (Å²) in [7, 11) is 0. The number of carbonyl (C=O) groups excluding carboxylic acids is 1. The smallest absolute Gasteiger partial charge is 0.150 e. The van der Waals surface area contributed by atoms with Crippen molar-refractivity contribution in [1.29, 1.82) is 0 Å². The Morgan fingerprint density at radius 2 is 1.92 bits per heavy atom. The topological polar surface area (TPSA) is 17.1 Å². The van der Waals surface area contributed by atoms with Crippen LogP contribution in [0.15, 0.2) is 22.7 Å². The molecule has 0 saturated carbocycles. The third-order valence-electron chi connectivity index (χ3n) is 1.95. The van der Waals surface area contributed by atoms with Gasteiger partial charge in [-0.3, -0.25) is 4.79 Å². The van der Waals surface area contributed by atoms with Crippen molar-refractivity contribution in [3.8, 4) is 0 Å². The van der Waals surface area contributed by atoms with Gasteiger partial charge >= 0.3 is 0 Å². The van der Waals surface area contributed by atoms with Crippen LogP contribution in [0.5, 0.6) is 0 Å². The molecule has 0 unspecified atom stereocenters.